The molecule has 0 N–H and O–H groups in total. The molecule has 0 aliphatic carbocycles. The van der Waals surface area contributed by atoms with Crippen LogP contribution in [-0.2, 0) is 0 Å². The second kappa shape index (κ2) is 3.85. The van der Waals surface area contributed by atoms with Crippen LogP contribution in [0, 0.1) is 6.92 Å². The summed E-state index contributed by atoms with van der Waals surface area (Å²) >= 11 is 0. The molecule has 0 atom stereocenters. The lowest BCUT2D eigenvalue weighted by molar-refractivity contribution is -0.0487. The minimum Gasteiger partial charge on any atom is -0.434 e. The zero-order chi connectivity index (χ0) is 10.8. The summed E-state index contributed by atoms with van der Waals surface area (Å²) in [5.74, 6) is 0.228. The molecule has 0 aliphatic rings. The third-order valence-corrected chi connectivity index (χ3v) is 2.21. The van der Waals surface area contributed by atoms with E-state index < -0.39 is 6.61 Å². The summed E-state index contributed by atoms with van der Waals surface area (Å²) in [7, 11) is 0. The Bertz CT molecular complexity index is 480. The summed E-state index contributed by atoms with van der Waals surface area (Å²) < 4.78 is 28.7. The summed E-state index contributed by atoms with van der Waals surface area (Å²) in [5, 5.41) is 1.62. The SMILES string of the molecule is Cc1ccc2cccc(OC(F)F)c2c1. The highest BCUT2D eigenvalue weighted by Crippen LogP contribution is 2.27. The van der Waals surface area contributed by atoms with Crippen LogP contribution in [0.3, 0.4) is 0 Å². The fourth-order valence-electron chi connectivity index (χ4n) is 1.56. The van der Waals surface area contributed by atoms with Crippen LogP contribution in [0.15, 0.2) is 36.4 Å². The lowest BCUT2D eigenvalue weighted by atomic mass is 10.1. The molecule has 2 rings (SSSR count). The number of hydrogen-bond donors (Lipinski definition) is 0. The molecule has 0 amide bonds. The molecule has 0 unspecified atom stereocenters. The van der Waals surface area contributed by atoms with Crippen molar-refractivity contribution in [3.05, 3.63) is 42.0 Å². The molecule has 2 aromatic rings. The van der Waals surface area contributed by atoms with Gasteiger partial charge in [-0.05, 0) is 24.4 Å². The average molecular weight is 208 g/mol. The van der Waals surface area contributed by atoms with Crippen molar-refractivity contribution in [3.63, 3.8) is 0 Å². The maximum Gasteiger partial charge on any atom is 0.387 e. The third-order valence-electron chi connectivity index (χ3n) is 2.21. The van der Waals surface area contributed by atoms with E-state index in [4.69, 9.17) is 0 Å². The maximum atomic E-state index is 12.1. The quantitative estimate of drug-likeness (QED) is 0.730. The molecular formula is C12H10F2O. The molecule has 0 aromatic heterocycles. The van der Waals surface area contributed by atoms with Crippen molar-refractivity contribution in [1.29, 1.82) is 0 Å². The second-order valence-corrected chi connectivity index (χ2v) is 3.36. The molecule has 0 aliphatic heterocycles. The van der Waals surface area contributed by atoms with E-state index >= 15 is 0 Å². The van der Waals surface area contributed by atoms with Crippen LogP contribution in [-0.4, -0.2) is 6.61 Å². The number of benzene rings is 2. The Morgan fingerprint density at radius 1 is 1.13 bits per heavy atom. The highest BCUT2D eigenvalue weighted by Gasteiger charge is 2.07. The molecule has 0 fully saturated rings. The van der Waals surface area contributed by atoms with Gasteiger partial charge in [-0.25, -0.2) is 0 Å². The van der Waals surface area contributed by atoms with Crippen molar-refractivity contribution in [3.8, 4) is 5.75 Å². The van der Waals surface area contributed by atoms with Gasteiger partial charge in [-0.1, -0.05) is 29.8 Å². The Morgan fingerprint density at radius 3 is 2.67 bits per heavy atom. The average Bonchev–Trinajstić information content (AvgIpc) is 2.18. The Kier molecular flexibility index (Phi) is 2.54. The van der Waals surface area contributed by atoms with E-state index in [1.54, 1.807) is 12.1 Å². The van der Waals surface area contributed by atoms with Crippen molar-refractivity contribution in [1.82, 2.24) is 0 Å². The number of hydrogen-bond acceptors (Lipinski definition) is 1. The Hall–Kier alpha value is -1.64. The largest absolute Gasteiger partial charge is 0.434 e. The fraction of sp³-hybridized carbons (Fsp3) is 0.167. The van der Waals surface area contributed by atoms with Gasteiger partial charge in [0.2, 0.25) is 0 Å². The van der Waals surface area contributed by atoms with Crippen LogP contribution in [0.25, 0.3) is 10.8 Å². The number of fused-ring (bicyclic) bond motifs is 1. The van der Waals surface area contributed by atoms with Gasteiger partial charge in [-0.15, -0.1) is 0 Å². The highest BCUT2D eigenvalue weighted by molar-refractivity contribution is 5.88. The molecule has 2 aromatic carbocycles. The minimum absolute atomic E-state index is 0.228. The highest BCUT2D eigenvalue weighted by atomic mass is 19.3. The molecular weight excluding hydrogens is 198 g/mol. The molecule has 1 nitrogen and oxygen atoms in total. The number of ether oxygens (including phenoxy) is 1. The number of alkyl halides is 2. The van der Waals surface area contributed by atoms with Crippen molar-refractivity contribution in [2.75, 3.05) is 0 Å². The lowest BCUT2D eigenvalue weighted by Gasteiger charge is -2.08. The fourth-order valence-corrected chi connectivity index (χ4v) is 1.56. The Labute approximate surface area is 86.3 Å². The predicted molar refractivity (Wildman–Crippen MR) is 55.3 cm³/mol. The molecule has 78 valence electrons. The molecule has 15 heavy (non-hydrogen) atoms. The molecule has 0 saturated carbocycles. The van der Waals surface area contributed by atoms with Gasteiger partial charge >= 0.3 is 6.61 Å². The van der Waals surface area contributed by atoms with Crippen LogP contribution in [0.2, 0.25) is 0 Å². The molecule has 0 spiro atoms. The van der Waals surface area contributed by atoms with Gasteiger partial charge in [0.25, 0.3) is 0 Å². The smallest absolute Gasteiger partial charge is 0.387 e. The summed E-state index contributed by atoms with van der Waals surface area (Å²) in [6.07, 6.45) is 0. The van der Waals surface area contributed by atoms with Gasteiger partial charge in [0.15, 0.2) is 0 Å². The predicted octanol–water partition coefficient (Wildman–Crippen LogP) is 3.75. The van der Waals surface area contributed by atoms with E-state index in [-0.39, 0.29) is 5.75 Å². The van der Waals surface area contributed by atoms with E-state index in [0.29, 0.717) is 0 Å². The van der Waals surface area contributed by atoms with E-state index in [2.05, 4.69) is 4.74 Å². The zero-order valence-electron chi connectivity index (χ0n) is 8.21. The second-order valence-electron chi connectivity index (χ2n) is 3.36. The first-order chi connectivity index (χ1) is 7.16. The van der Waals surface area contributed by atoms with Gasteiger partial charge in [0, 0.05) is 5.39 Å². The van der Waals surface area contributed by atoms with Crippen LogP contribution in [0.1, 0.15) is 5.56 Å². The standard InChI is InChI=1S/C12H10F2O/c1-8-5-6-9-3-2-4-11(10(9)7-8)15-12(13)14/h2-7,12H,1H3. The van der Waals surface area contributed by atoms with Crippen molar-refractivity contribution in [2.24, 2.45) is 0 Å². The minimum atomic E-state index is -2.78. The summed E-state index contributed by atoms with van der Waals surface area (Å²) in [6, 6.07) is 10.8. The Balaban J connectivity index is 2.58. The molecule has 0 heterocycles. The Morgan fingerprint density at radius 2 is 1.93 bits per heavy atom. The summed E-state index contributed by atoms with van der Waals surface area (Å²) in [4.78, 5) is 0. The van der Waals surface area contributed by atoms with Crippen LogP contribution in [0.5, 0.6) is 5.75 Å². The molecule has 0 radical (unpaired) electrons. The number of aryl methyl sites for hydroxylation is 1. The van der Waals surface area contributed by atoms with Crippen molar-refractivity contribution < 1.29 is 13.5 Å². The topological polar surface area (TPSA) is 9.23 Å². The van der Waals surface area contributed by atoms with E-state index in [1.807, 2.05) is 31.2 Å². The molecule has 0 saturated heterocycles. The van der Waals surface area contributed by atoms with E-state index in [1.165, 1.54) is 0 Å². The van der Waals surface area contributed by atoms with Gasteiger partial charge in [0.1, 0.15) is 5.75 Å². The third kappa shape index (κ3) is 2.06. The van der Waals surface area contributed by atoms with E-state index in [0.717, 1.165) is 16.3 Å². The maximum absolute atomic E-state index is 12.1. The molecule has 3 heteroatoms. The lowest BCUT2D eigenvalue weighted by Crippen LogP contribution is -2.02. The first-order valence-electron chi connectivity index (χ1n) is 4.61. The summed E-state index contributed by atoms with van der Waals surface area (Å²) in [6.45, 7) is -0.866. The number of rotatable bonds is 2. The monoisotopic (exact) mass is 208 g/mol. The normalized spacial score (nSPS) is 10.9. The van der Waals surface area contributed by atoms with Crippen molar-refractivity contribution >= 4 is 10.8 Å². The van der Waals surface area contributed by atoms with E-state index in [9.17, 15) is 8.78 Å². The first-order valence-corrected chi connectivity index (χ1v) is 4.61. The van der Waals surface area contributed by atoms with Gasteiger partial charge in [0.05, 0.1) is 0 Å². The van der Waals surface area contributed by atoms with Crippen LogP contribution >= 0.6 is 0 Å². The molecule has 0 bridgehead atoms. The number of halogens is 2. The van der Waals surface area contributed by atoms with Gasteiger partial charge < -0.3 is 4.74 Å². The van der Waals surface area contributed by atoms with Crippen molar-refractivity contribution in [2.45, 2.75) is 13.5 Å². The first kappa shape index (κ1) is 9.90. The summed E-state index contributed by atoms with van der Waals surface area (Å²) in [5.41, 5.74) is 1.02. The van der Waals surface area contributed by atoms with Gasteiger partial charge in [-0.2, -0.15) is 8.78 Å². The van der Waals surface area contributed by atoms with Crippen LogP contribution < -0.4 is 4.74 Å². The van der Waals surface area contributed by atoms with Crippen LogP contribution in [0.4, 0.5) is 8.78 Å². The van der Waals surface area contributed by atoms with Gasteiger partial charge in [-0.3, -0.25) is 0 Å². The zero-order valence-corrected chi connectivity index (χ0v) is 8.21.